The predicted octanol–water partition coefficient (Wildman–Crippen LogP) is 0.914. The van der Waals surface area contributed by atoms with Gasteiger partial charge in [0.15, 0.2) is 9.84 Å². The second kappa shape index (κ2) is 4.47. The summed E-state index contributed by atoms with van der Waals surface area (Å²) in [6, 6.07) is 6.39. The first-order valence-electron chi connectivity index (χ1n) is 5.53. The van der Waals surface area contributed by atoms with E-state index in [9.17, 15) is 23.4 Å². The lowest BCUT2D eigenvalue weighted by molar-refractivity contribution is -0.145. The van der Waals surface area contributed by atoms with Gasteiger partial charge < -0.3 is 10.2 Å². The molecule has 0 radical (unpaired) electrons. The SMILES string of the molecule is CS(=O)(=O)[C@@H]1[C@@H](c2cccc(Cl)c2)[C@]1(CO)C(=O)O. The summed E-state index contributed by atoms with van der Waals surface area (Å²) in [7, 11) is -3.59. The van der Waals surface area contributed by atoms with Crippen LogP contribution in [0.3, 0.4) is 0 Å². The Balaban J connectivity index is 2.53. The van der Waals surface area contributed by atoms with Gasteiger partial charge in [-0.05, 0) is 17.7 Å². The Morgan fingerprint density at radius 1 is 1.47 bits per heavy atom. The fourth-order valence-electron chi connectivity index (χ4n) is 2.72. The minimum Gasteiger partial charge on any atom is -0.481 e. The van der Waals surface area contributed by atoms with Crippen molar-refractivity contribution in [3.8, 4) is 0 Å². The molecule has 0 spiro atoms. The number of sulfone groups is 1. The molecule has 1 aliphatic carbocycles. The fraction of sp³-hybridized carbons (Fsp3) is 0.417. The van der Waals surface area contributed by atoms with Gasteiger partial charge in [-0.2, -0.15) is 0 Å². The van der Waals surface area contributed by atoms with Crippen LogP contribution in [0.25, 0.3) is 0 Å². The molecule has 1 aliphatic rings. The van der Waals surface area contributed by atoms with Crippen molar-refractivity contribution >= 4 is 27.4 Å². The summed E-state index contributed by atoms with van der Waals surface area (Å²) in [5.41, 5.74) is -1.16. The number of halogens is 1. The number of benzene rings is 1. The van der Waals surface area contributed by atoms with Crippen LogP contribution in [0.2, 0.25) is 5.02 Å². The van der Waals surface area contributed by atoms with E-state index in [2.05, 4.69) is 0 Å². The van der Waals surface area contributed by atoms with Crippen LogP contribution in [0.5, 0.6) is 0 Å². The zero-order chi connectivity index (χ0) is 14.4. The summed E-state index contributed by atoms with van der Waals surface area (Å²) in [4.78, 5) is 11.4. The molecule has 1 fully saturated rings. The minimum absolute atomic E-state index is 0.397. The lowest BCUT2D eigenvalue weighted by Gasteiger charge is -2.08. The summed E-state index contributed by atoms with van der Waals surface area (Å²) >= 11 is 5.84. The maximum atomic E-state index is 11.7. The van der Waals surface area contributed by atoms with Crippen LogP contribution in [-0.4, -0.2) is 42.7 Å². The molecule has 1 aromatic carbocycles. The summed E-state index contributed by atoms with van der Waals surface area (Å²) in [5, 5.41) is 17.9. The Labute approximate surface area is 115 Å². The van der Waals surface area contributed by atoms with Gasteiger partial charge in [0.1, 0.15) is 5.41 Å². The summed E-state index contributed by atoms with van der Waals surface area (Å²) in [5.74, 6) is -2.08. The van der Waals surface area contributed by atoms with Crippen molar-refractivity contribution in [2.75, 3.05) is 12.9 Å². The van der Waals surface area contributed by atoms with Crippen molar-refractivity contribution in [3.05, 3.63) is 34.9 Å². The van der Waals surface area contributed by atoms with Crippen molar-refractivity contribution in [3.63, 3.8) is 0 Å². The number of aliphatic hydroxyl groups is 1. The van der Waals surface area contributed by atoms with E-state index in [-0.39, 0.29) is 0 Å². The zero-order valence-corrected chi connectivity index (χ0v) is 11.6. The Bertz CT molecular complexity index is 627. The minimum atomic E-state index is -3.59. The van der Waals surface area contributed by atoms with Gasteiger partial charge in [-0.25, -0.2) is 8.42 Å². The number of aliphatic hydroxyl groups excluding tert-OH is 1. The maximum Gasteiger partial charge on any atom is 0.314 e. The van der Waals surface area contributed by atoms with Crippen molar-refractivity contribution in [1.82, 2.24) is 0 Å². The van der Waals surface area contributed by atoms with E-state index < -0.39 is 39.0 Å². The number of aliphatic carboxylic acids is 1. The highest BCUT2D eigenvalue weighted by Crippen LogP contribution is 2.62. The number of rotatable bonds is 4. The molecule has 0 amide bonds. The van der Waals surface area contributed by atoms with Gasteiger partial charge in [-0.15, -0.1) is 0 Å². The van der Waals surface area contributed by atoms with Crippen molar-refractivity contribution in [2.45, 2.75) is 11.2 Å². The van der Waals surface area contributed by atoms with E-state index in [1.165, 1.54) is 6.07 Å². The average molecular weight is 305 g/mol. The smallest absolute Gasteiger partial charge is 0.314 e. The topological polar surface area (TPSA) is 91.7 Å². The molecule has 0 aromatic heterocycles. The highest BCUT2D eigenvalue weighted by Gasteiger charge is 2.74. The van der Waals surface area contributed by atoms with Gasteiger partial charge in [-0.3, -0.25) is 4.79 Å². The molecule has 0 aliphatic heterocycles. The second-order valence-corrected chi connectivity index (χ2v) is 7.39. The van der Waals surface area contributed by atoms with Crippen LogP contribution in [0.4, 0.5) is 0 Å². The number of carboxylic acid groups (broad SMARTS) is 1. The summed E-state index contributed by atoms with van der Waals surface area (Å²) < 4.78 is 23.5. The monoisotopic (exact) mass is 304 g/mol. The van der Waals surface area contributed by atoms with Gasteiger partial charge in [0.05, 0.1) is 11.9 Å². The molecular weight excluding hydrogens is 292 g/mol. The number of carboxylic acids is 1. The Hall–Kier alpha value is -1.11. The molecule has 3 atom stereocenters. The lowest BCUT2D eigenvalue weighted by Crippen LogP contribution is -2.27. The van der Waals surface area contributed by atoms with E-state index in [0.717, 1.165) is 6.26 Å². The summed E-state index contributed by atoms with van der Waals surface area (Å²) in [6.07, 6.45) is 0.982. The first-order chi connectivity index (χ1) is 8.75. The van der Waals surface area contributed by atoms with E-state index in [1.54, 1.807) is 18.2 Å². The molecule has 7 heteroatoms. The van der Waals surface area contributed by atoms with Gasteiger partial charge in [0.2, 0.25) is 0 Å². The molecule has 5 nitrogen and oxygen atoms in total. The highest BCUT2D eigenvalue weighted by atomic mass is 35.5. The molecular formula is C12H13ClO5S. The molecule has 0 saturated heterocycles. The van der Waals surface area contributed by atoms with Crippen LogP contribution in [0.15, 0.2) is 24.3 Å². The Kier molecular flexibility index (Phi) is 3.36. The zero-order valence-electron chi connectivity index (χ0n) is 10.1. The van der Waals surface area contributed by atoms with Gasteiger partial charge in [0.25, 0.3) is 0 Å². The van der Waals surface area contributed by atoms with E-state index >= 15 is 0 Å². The van der Waals surface area contributed by atoms with Crippen molar-refractivity contribution < 1.29 is 23.4 Å². The molecule has 2 rings (SSSR count). The molecule has 1 saturated carbocycles. The normalized spacial score (nSPS) is 30.1. The molecule has 0 bridgehead atoms. The van der Waals surface area contributed by atoms with Crippen LogP contribution >= 0.6 is 11.6 Å². The third-order valence-electron chi connectivity index (χ3n) is 3.59. The van der Waals surface area contributed by atoms with Gasteiger partial charge in [0, 0.05) is 17.2 Å². The van der Waals surface area contributed by atoms with E-state index in [4.69, 9.17) is 11.6 Å². The largest absolute Gasteiger partial charge is 0.481 e. The van der Waals surface area contributed by atoms with Crippen molar-refractivity contribution in [1.29, 1.82) is 0 Å². The molecule has 19 heavy (non-hydrogen) atoms. The number of hydrogen-bond acceptors (Lipinski definition) is 4. The van der Waals surface area contributed by atoms with Gasteiger partial charge >= 0.3 is 5.97 Å². The third kappa shape index (κ3) is 2.13. The quantitative estimate of drug-likeness (QED) is 0.863. The third-order valence-corrected chi connectivity index (χ3v) is 5.44. The maximum absolute atomic E-state index is 11.7. The molecule has 1 aromatic rings. The van der Waals surface area contributed by atoms with E-state index in [1.807, 2.05) is 0 Å². The number of carbonyl (C=O) groups is 1. The Morgan fingerprint density at radius 2 is 2.11 bits per heavy atom. The molecule has 0 unspecified atom stereocenters. The molecule has 2 N–H and O–H groups in total. The van der Waals surface area contributed by atoms with Crippen LogP contribution in [0, 0.1) is 5.41 Å². The number of hydrogen-bond donors (Lipinski definition) is 2. The first-order valence-corrected chi connectivity index (χ1v) is 7.87. The fourth-order valence-corrected chi connectivity index (χ4v) is 4.82. The molecule has 104 valence electrons. The highest BCUT2D eigenvalue weighted by molar-refractivity contribution is 7.91. The first kappa shape index (κ1) is 14.3. The van der Waals surface area contributed by atoms with Gasteiger partial charge in [-0.1, -0.05) is 23.7 Å². The predicted molar refractivity (Wildman–Crippen MR) is 70.0 cm³/mol. The van der Waals surface area contributed by atoms with Crippen LogP contribution < -0.4 is 0 Å². The Morgan fingerprint density at radius 3 is 2.47 bits per heavy atom. The van der Waals surface area contributed by atoms with Crippen molar-refractivity contribution in [2.24, 2.45) is 5.41 Å². The lowest BCUT2D eigenvalue weighted by atomic mass is 10.0. The standard InChI is InChI=1S/C12H13ClO5S/c1-19(17,18)10-9(12(10,6-14)11(15)16)7-3-2-4-8(13)5-7/h2-5,9-10,14H,6H2,1H3,(H,15,16)/t9-,10-,12+/m1/s1. The second-order valence-electron chi connectivity index (χ2n) is 4.79. The average Bonchev–Trinajstić information content (AvgIpc) is 2.99. The van der Waals surface area contributed by atoms with Crippen LogP contribution in [0.1, 0.15) is 11.5 Å². The van der Waals surface area contributed by atoms with E-state index in [0.29, 0.717) is 10.6 Å². The van der Waals surface area contributed by atoms with Crippen LogP contribution in [-0.2, 0) is 14.6 Å². The molecule has 0 heterocycles. The summed E-state index contributed by atoms with van der Waals surface area (Å²) in [6.45, 7) is -0.725.